The number of likely N-dealkylation sites (tertiary alicyclic amines) is 1. The smallest absolute Gasteiger partial charge is 0.276 e. The molecule has 1 aromatic carbocycles. The highest BCUT2D eigenvalue weighted by Crippen LogP contribution is 2.28. The Hall–Kier alpha value is -4.17. The number of halogens is 1. The number of H-pyrrole nitrogens is 1. The quantitative estimate of drug-likeness (QED) is 0.320. The summed E-state index contributed by atoms with van der Waals surface area (Å²) in [5.41, 5.74) is 6.61. The molecule has 3 aromatic heterocycles. The van der Waals surface area contributed by atoms with Crippen LogP contribution >= 0.6 is 0 Å². The van der Waals surface area contributed by atoms with Crippen LogP contribution in [-0.2, 0) is 6.54 Å². The molecule has 0 atom stereocenters. The second-order valence-electron chi connectivity index (χ2n) is 9.94. The molecule has 38 heavy (non-hydrogen) atoms. The first kappa shape index (κ1) is 24.2. The average molecular weight is 509 g/mol. The number of nitrogens with zero attached hydrogens (tertiary/aromatic N) is 4. The third-order valence-electron chi connectivity index (χ3n) is 7.21. The van der Waals surface area contributed by atoms with Crippen LogP contribution in [0, 0.1) is 0 Å². The molecule has 7 nitrogen and oxygen atoms in total. The van der Waals surface area contributed by atoms with Crippen LogP contribution in [0.4, 0.5) is 10.1 Å². The van der Waals surface area contributed by atoms with Gasteiger partial charge in [-0.1, -0.05) is 18.6 Å². The van der Waals surface area contributed by atoms with E-state index in [9.17, 15) is 9.18 Å². The highest BCUT2D eigenvalue weighted by atomic mass is 19.1. The number of hydrogen-bond donors (Lipinski definition) is 2. The minimum absolute atomic E-state index is 0.117. The van der Waals surface area contributed by atoms with E-state index in [1.54, 1.807) is 18.3 Å². The fourth-order valence-corrected chi connectivity index (χ4v) is 5.15. The Morgan fingerprint density at radius 2 is 1.87 bits per heavy atom. The normalized spacial score (nSPS) is 16.2. The third-order valence-corrected chi connectivity index (χ3v) is 7.21. The van der Waals surface area contributed by atoms with Gasteiger partial charge in [0.25, 0.3) is 5.91 Å². The summed E-state index contributed by atoms with van der Waals surface area (Å²) in [5, 5.41) is 10.9. The number of rotatable bonds is 6. The fourth-order valence-electron chi connectivity index (χ4n) is 5.15. The van der Waals surface area contributed by atoms with Gasteiger partial charge in [-0.2, -0.15) is 5.10 Å². The maximum absolute atomic E-state index is 13.3. The molecule has 1 fully saturated rings. The number of aromatic nitrogens is 4. The van der Waals surface area contributed by atoms with Gasteiger partial charge in [0.05, 0.1) is 23.1 Å². The number of nitrogens with one attached hydrogen (secondary N) is 2. The number of carbonyl (C=O) groups is 1. The van der Waals surface area contributed by atoms with Gasteiger partial charge < -0.3 is 5.32 Å². The molecule has 0 unspecified atom stereocenters. The van der Waals surface area contributed by atoms with Crippen LogP contribution in [0.1, 0.15) is 53.8 Å². The molecule has 0 bridgehead atoms. The number of fused-ring (bicyclic) bond motifs is 1. The Kier molecular flexibility index (Phi) is 6.79. The van der Waals surface area contributed by atoms with Crippen LogP contribution in [0.3, 0.4) is 0 Å². The lowest BCUT2D eigenvalue weighted by atomic mass is 10.0. The molecular weight excluding hydrogens is 479 g/mol. The monoisotopic (exact) mass is 508 g/mol. The highest BCUT2D eigenvalue weighted by Gasteiger charge is 2.17. The summed E-state index contributed by atoms with van der Waals surface area (Å²) in [6, 6.07) is 11.8. The molecule has 1 saturated heterocycles. The molecule has 0 saturated carbocycles. The summed E-state index contributed by atoms with van der Waals surface area (Å²) in [6.07, 6.45) is 13.5. The van der Waals surface area contributed by atoms with Crippen molar-refractivity contribution >= 4 is 28.1 Å². The van der Waals surface area contributed by atoms with E-state index in [2.05, 4.69) is 36.4 Å². The van der Waals surface area contributed by atoms with Crippen LogP contribution in [0.2, 0.25) is 0 Å². The molecule has 2 aliphatic rings. The number of benzene rings is 1. The van der Waals surface area contributed by atoms with Crippen LogP contribution < -0.4 is 5.32 Å². The van der Waals surface area contributed by atoms with Crippen LogP contribution in [0.25, 0.3) is 27.6 Å². The van der Waals surface area contributed by atoms with Crippen molar-refractivity contribution in [1.29, 1.82) is 0 Å². The van der Waals surface area contributed by atoms with Crippen molar-refractivity contribution in [1.82, 2.24) is 25.1 Å². The lowest BCUT2D eigenvalue weighted by molar-refractivity contribution is 0.102. The Labute approximate surface area is 220 Å². The topological polar surface area (TPSA) is 86.8 Å². The van der Waals surface area contributed by atoms with Crippen molar-refractivity contribution in [2.45, 2.75) is 38.6 Å². The molecule has 4 aromatic rings. The van der Waals surface area contributed by atoms with Gasteiger partial charge >= 0.3 is 0 Å². The number of hydrogen-bond acceptors (Lipinski definition) is 5. The first-order valence-electron chi connectivity index (χ1n) is 13.1. The van der Waals surface area contributed by atoms with Crippen molar-refractivity contribution < 1.29 is 9.18 Å². The van der Waals surface area contributed by atoms with Gasteiger partial charge in [-0.15, -0.1) is 0 Å². The number of carbonyl (C=O) groups excluding carboxylic acids is 1. The standard InChI is InChI=1S/C30H29FN6O/c31-24-7-4-21(5-8-24)27-11-9-25(18-33-27)34-30(38)29-26-15-22(6-10-28(26)35-36-29)23-14-20(16-32-17-23)19-37-12-2-1-3-13-37/h4,6-7,9-11,14-18H,1-3,5,8,12-13,19H2,(H,34,38)(H,35,36). The summed E-state index contributed by atoms with van der Waals surface area (Å²) in [5.74, 6) is -0.435. The number of anilines is 1. The van der Waals surface area contributed by atoms with Gasteiger partial charge in [-0.3, -0.25) is 24.8 Å². The summed E-state index contributed by atoms with van der Waals surface area (Å²) in [6.45, 7) is 3.17. The second kappa shape index (κ2) is 10.7. The number of pyridine rings is 2. The molecule has 8 heteroatoms. The van der Waals surface area contributed by atoms with Gasteiger partial charge in [0, 0.05) is 36.3 Å². The van der Waals surface area contributed by atoms with Crippen molar-refractivity contribution in [2.24, 2.45) is 0 Å². The number of amides is 1. The Bertz CT molecular complexity index is 1530. The van der Waals surface area contributed by atoms with E-state index in [1.807, 2.05) is 36.7 Å². The molecule has 0 radical (unpaired) electrons. The van der Waals surface area contributed by atoms with Crippen LogP contribution in [-0.4, -0.2) is 44.1 Å². The Morgan fingerprint density at radius 3 is 2.66 bits per heavy atom. The number of aromatic amines is 1. The maximum Gasteiger partial charge on any atom is 0.276 e. The SMILES string of the molecule is O=C(Nc1ccc(C2=CC=C(F)CC2)nc1)c1n[nH]c2ccc(-c3cncc(CN4CCCCC4)c3)cc12. The van der Waals surface area contributed by atoms with E-state index in [-0.39, 0.29) is 11.7 Å². The molecule has 2 N–H and O–H groups in total. The van der Waals surface area contributed by atoms with E-state index in [0.29, 0.717) is 24.2 Å². The largest absolute Gasteiger partial charge is 0.319 e. The maximum atomic E-state index is 13.3. The predicted octanol–water partition coefficient (Wildman–Crippen LogP) is 6.29. The van der Waals surface area contributed by atoms with Crippen LogP contribution in [0.5, 0.6) is 0 Å². The third kappa shape index (κ3) is 5.26. The molecular formula is C30H29FN6O. The fraction of sp³-hybridized carbons (Fsp3) is 0.267. The Morgan fingerprint density at radius 1 is 0.974 bits per heavy atom. The summed E-state index contributed by atoms with van der Waals surface area (Å²) in [7, 11) is 0. The predicted molar refractivity (Wildman–Crippen MR) is 147 cm³/mol. The lowest BCUT2D eigenvalue weighted by Crippen LogP contribution is -2.29. The minimum atomic E-state index is -0.318. The van der Waals surface area contributed by atoms with Crippen LogP contribution in [0.15, 0.2) is 73.0 Å². The minimum Gasteiger partial charge on any atom is -0.319 e. The number of allylic oxidation sites excluding steroid dienone is 4. The van der Waals surface area contributed by atoms with Gasteiger partial charge in [-0.05, 0) is 85.5 Å². The summed E-state index contributed by atoms with van der Waals surface area (Å²) >= 11 is 0. The zero-order chi connectivity index (χ0) is 25.9. The Balaban J connectivity index is 1.20. The first-order chi connectivity index (χ1) is 18.6. The molecule has 6 rings (SSSR count). The highest BCUT2D eigenvalue weighted by molar-refractivity contribution is 6.11. The van der Waals surface area contributed by atoms with Crippen molar-refractivity contribution in [3.8, 4) is 11.1 Å². The molecule has 192 valence electrons. The molecule has 0 spiro atoms. The first-order valence-corrected chi connectivity index (χ1v) is 13.1. The van der Waals surface area contributed by atoms with E-state index >= 15 is 0 Å². The molecule has 1 amide bonds. The molecule has 1 aliphatic carbocycles. The second-order valence-corrected chi connectivity index (χ2v) is 9.94. The van der Waals surface area contributed by atoms with Gasteiger partial charge in [0.15, 0.2) is 5.69 Å². The zero-order valence-electron chi connectivity index (χ0n) is 21.1. The van der Waals surface area contributed by atoms with E-state index in [0.717, 1.165) is 52.9 Å². The summed E-state index contributed by atoms with van der Waals surface area (Å²) < 4.78 is 13.3. The zero-order valence-corrected chi connectivity index (χ0v) is 21.1. The van der Waals surface area contributed by atoms with Crippen molar-refractivity contribution in [3.05, 3.63) is 89.9 Å². The summed E-state index contributed by atoms with van der Waals surface area (Å²) in [4.78, 5) is 24.6. The van der Waals surface area contributed by atoms with Gasteiger partial charge in [0.1, 0.15) is 5.83 Å². The molecule has 4 heterocycles. The van der Waals surface area contributed by atoms with Gasteiger partial charge in [0.2, 0.25) is 0 Å². The van der Waals surface area contributed by atoms with E-state index in [4.69, 9.17) is 0 Å². The van der Waals surface area contributed by atoms with Crippen molar-refractivity contribution in [3.63, 3.8) is 0 Å². The lowest BCUT2D eigenvalue weighted by Gasteiger charge is -2.26. The average Bonchev–Trinajstić information content (AvgIpc) is 3.38. The van der Waals surface area contributed by atoms with Gasteiger partial charge in [-0.25, -0.2) is 4.39 Å². The van der Waals surface area contributed by atoms with Crippen molar-refractivity contribution in [2.75, 3.05) is 18.4 Å². The van der Waals surface area contributed by atoms with E-state index < -0.39 is 0 Å². The number of piperidine rings is 1. The molecule has 1 aliphatic heterocycles. The van der Waals surface area contributed by atoms with E-state index in [1.165, 1.54) is 30.9 Å².